The van der Waals surface area contributed by atoms with E-state index in [-0.39, 0.29) is 68.7 Å². The summed E-state index contributed by atoms with van der Waals surface area (Å²) in [6, 6.07) is 16.8. The molecule has 0 amide bonds. The zero-order chi connectivity index (χ0) is 41.2. The topological polar surface area (TPSA) is 322 Å². The second-order valence-electron chi connectivity index (χ2n) is 13.0. The number of carboxylic acids is 4. The van der Waals surface area contributed by atoms with Crippen LogP contribution in [0.15, 0.2) is 83.2 Å². The number of carbonyl (C=O) groups is 4. The molecule has 3 heterocycles. The number of rotatable bonds is 12. The van der Waals surface area contributed by atoms with Crippen molar-refractivity contribution < 1.29 is 39.6 Å². The predicted octanol–water partition coefficient (Wildman–Crippen LogP) is 5.69. The summed E-state index contributed by atoms with van der Waals surface area (Å²) in [6.45, 7) is 5.47. The Hall–Kier alpha value is -8.54. The molecule has 0 fully saturated rings. The number of nitrogens with one attached hydrogen (secondary N) is 2. The Morgan fingerprint density at radius 2 is 1.21 bits per heavy atom. The van der Waals surface area contributed by atoms with E-state index in [1.165, 1.54) is 53.2 Å². The summed E-state index contributed by atoms with van der Waals surface area (Å²) in [4.78, 5) is 59.8. The summed E-state index contributed by atoms with van der Waals surface area (Å²) in [5, 5.41) is 71.1. The van der Waals surface area contributed by atoms with Crippen LogP contribution in [0.2, 0.25) is 0 Å². The summed E-state index contributed by atoms with van der Waals surface area (Å²) >= 11 is 0. The van der Waals surface area contributed by atoms with Gasteiger partial charge in [-0.25, -0.2) is 23.9 Å². The van der Waals surface area contributed by atoms with Gasteiger partial charge in [0.1, 0.15) is 11.6 Å². The van der Waals surface area contributed by atoms with E-state index in [1.807, 2.05) is 26.8 Å². The van der Waals surface area contributed by atoms with Gasteiger partial charge < -0.3 is 36.8 Å². The lowest BCUT2D eigenvalue weighted by molar-refractivity contribution is 0.0680. The Bertz CT molecular complexity index is 2540. The standard InChI is InChI=1S/C36H29N13O8/c1-36(2,3)26-25(45-46-28-21(15-37)16-39-48(28)24-13-19(31(54)55)12-20(14-24)32(56)57)27(38)49(47-26)35-43-33(40-22-8-4-17(5-9-22)29(50)51)42-34(44-35)41-23-10-6-18(7-11-23)30(52)53/h4-14,16H,38H2,1-3H3,(H,50,51)(H,52,53)(H,54,55)(H,56,57)(H2,40,41,42,43,44). The Balaban J connectivity index is 1.46. The van der Waals surface area contributed by atoms with E-state index in [2.05, 4.69) is 46.0 Å². The lowest BCUT2D eigenvalue weighted by Crippen LogP contribution is -2.15. The van der Waals surface area contributed by atoms with Crippen LogP contribution in [0.25, 0.3) is 11.6 Å². The maximum absolute atomic E-state index is 11.8. The van der Waals surface area contributed by atoms with Crippen LogP contribution in [0.4, 0.5) is 40.6 Å². The van der Waals surface area contributed by atoms with Crippen molar-refractivity contribution in [3.8, 4) is 17.7 Å². The molecule has 0 saturated heterocycles. The van der Waals surface area contributed by atoms with Gasteiger partial charge in [-0.15, -0.1) is 10.2 Å². The fourth-order valence-electron chi connectivity index (χ4n) is 5.18. The van der Waals surface area contributed by atoms with Crippen LogP contribution < -0.4 is 16.4 Å². The zero-order valence-corrected chi connectivity index (χ0v) is 29.9. The first-order valence-electron chi connectivity index (χ1n) is 16.4. The van der Waals surface area contributed by atoms with Gasteiger partial charge >= 0.3 is 23.9 Å². The highest BCUT2D eigenvalue weighted by atomic mass is 16.4. The van der Waals surface area contributed by atoms with Gasteiger partial charge in [0.15, 0.2) is 17.3 Å². The molecule has 0 unspecified atom stereocenters. The fraction of sp³-hybridized carbons (Fsp3) is 0.111. The van der Waals surface area contributed by atoms with Gasteiger partial charge in [0, 0.05) is 16.8 Å². The number of aromatic nitrogens is 7. The largest absolute Gasteiger partial charge is 0.478 e. The van der Waals surface area contributed by atoms with E-state index >= 15 is 0 Å². The van der Waals surface area contributed by atoms with Crippen molar-refractivity contribution >= 4 is 64.5 Å². The van der Waals surface area contributed by atoms with Crippen LogP contribution in [0.3, 0.4) is 0 Å². The number of azo groups is 1. The molecule has 57 heavy (non-hydrogen) atoms. The molecule has 286 valence electrons. The van der Waals surface area contributed by atoms with Gasteiger partial charge in [0.25, 0.3) is 5.95 Å². The summed E-state index contributed by atoms with van der Waals surface area (Å²) in [5.41, 5.74) is 6.38. The highest BCUT2D eigenvalue weighted by molar-refractivity contribution is 5.95. The van der Waals surface area contributed by atoms with Gasteiger partial charge in [-0.05, 0) is 66.7 Å². The molecule has 6 rings (SSSR count). The maximum atomic E-state index is 11.8. The quantitative estimate of drug-likeness (QED) is 0.0734. The van der Waals surface area contributed by atoms with E-state index in [0.717, 1.165) is 29.1 Å². The number of hydrogen-bond donors (Lipinski definition) is 7. The first-order chi connectivity index (χ1) is 27.0. The molecule has 0 aliphatic carbocycles. The molecule has 3 aromatic carbocycles. The molecule has 0 radical (unpaired) electrons. The van der Waals surface area contributed by atoms with Crippen molar-refractivity contribution in [3.63, 3.8) is 0 Å². The minimum Gasteiger partial charge on any atom is -0.478 e. The van der Waals surface area contributed by atoms with Gasteiger partial charge in [-0.3, -0.25) is 0 Å². The minimum atomic E-state index is -1.40. The fourth-order valence-corrected chi connectivity index (χ4v) is 5.18. The number of nitrogen functional groups attached to an aromatic ring is 1. The summed E-state index contributed by atoms with van der Waals surface area (Å²) in [7, 11) is 0. The Morgan fingerprint density at radius 1 is 0.719 bits per heavy atom. The van der Waals surface area contributed by atoms with Crippen molar-refractivity contribution in [2.75, 3.05) is 16.4 Å². The first kappa shape index (κ1) is 38.2. The van der Waals surface area contributed by atoms with E-state index in [0.29, 0.717) is 17.1 Å². The molecule has 0 spiro atoms. The molecular weight excluding hydrogens is 742 g/mol. The molecule has 8 N–H and O–H groups in total. The highest BCUT2D eigenvalue weighted by Gasteiger charge is 2.29. The Morgan fingerprint density at radius 3 is 1.65 bits per heavy atom. The Labute approximate surface area is 320 Å². The summed E-state index contributed by atoms with van der Waals surface area (Å²) < 4.78 is 2.23. The number of nitrogens with two attached hydrogens (primary N) is 1. The number of aromatic carboxylic acids is 4. The SMILES string of the molecule is CC(C)(C)c1nn(-c2nc(Nc3ccc(C(=O)O)cc3)nc(Nc3ccc(C(=O)O)cc3)n2)c(N)c1N=Nc1c(C#N)cnn1-c1cc(C(=O)O)cc(C(=O)O)c1. The van der Waals surface area contributed by atoms with Gasteiger partial charge in [0.2, 0.25) is 11.9 Å². The maximum Gasteiger partial charge on any atom is 0.335 e. The molecule has 0 aliphatic heterocycles. The summed E-state index contributed by atoms with van der Waals surface area (Å²) in [6.07, 6.45) is 1.15. The number of nitrogens with zero attached hydrogens (tertiary/aromatic N) is 10. The van der Waals surface area contributed by atoms with Crippen LogP contribution in [-0.2, 0) is 5.41 Å². The third kappa shape index (κ3) is 8.19. The van der Waals surface area contributed by atoms with Crippen LogP contribution >= 0.6 is 0 Å². The van der Waals surface area contributed by atoms with Gasteiger partial charge in [-0.1, -0.05) is 20.8 Å². The van der Waals surface area contributed by atoms with E-state index < -0.39 is 29.3 Å². The number of anilines is 5. The molecule has 0 aliphatic rings. The lowest BCUT2D eigenvalue weighted by Gasteiger charge is -2.15. The third-order valence-electron chi connectivity index (χ3n) is 7.96. The molecule has 21 heteroatoms. The molecule has 0 saturated carbocycles. The number of benzene rings is 3. The lowest BCUT2D eigenvalue weighted by atomic mass is 9.91. The minimum absolute atomic E-state index is 0.0251. The monoisotopic (exact) mass is 771 g/mol. The smallest absolute Gasteiger partial charge is 0.335 e. The second kappa shape index (κ2) is 15.1. The van der Waals surface area contributed by atoms with Crippen molar-refractivity contribution in [2.45, 2.75) is 26.2 Å². The van der Waals surface area contributed by atoms with E-state index in [1.54, 1.807) is 0 Å². The summed E-state index contributed by atoms with van der Waals surface area (Å²) in [5.74, 6) is -5.51. The molecular formula is C36H29N13O8. The van der Waals surface area contributed by atoms with Crippen LogP contribution in [0, 0.1) is 11.3 Å². The van der Waals surface area contributed by atoms with E-state index in [9.17, 15) is 44.9 Å². The highest BCUT2D eigenvalue weighted by Crippen LogP contribution is 2.38. The normalized spacial score (nSPS) is 11.3. The molecule has 3 aromatic heterocycles. The predicted molar refractivity (Wildman–Crippen MR) is 200 cm³/mol. The number of carboxylic acid groups (broad SMARTS) is 4. The average Bonchev–Trinajstić information content (AvgIpc) is 3.74. The second-order valence-corrected chi connectivity index (χ2v) is 13.0. The molecule has 0 bridgehead atoms. The van der Waals surface area contributed by atoms with Crippen molar-refractivity contribution in [1.29, 1.82) is 5.26 Å². The van der Waals surface area contributed by atoms with Gasteiger partial charge in [0.05, 0.1) is 39.8 Å². The molecule has 21 nitrogen and oxygen atoms in total. The van der Waals surface area contributed by atoms with Crippen molar-refractivity contribution in [1.82, 2.24) is 34.5 Å². The number of nitriles is 1. The first-order valence-corrected chi connectivity index (χ1v) is 16.4. The van der Waals surface area contributed by atoms with Crippen LogP contribution in [0.1, 0.15) is 73.5 Å². The van der Waals surface area contributed by atoms with Gasteiger partial charge in [-0.2, -0.15) is 35.1 Å². The van der Waals surface area contributed by atoms with Crippen molar-refractivity contribution in [3.05, 3.63) is 106 Å². The number of hydrogen-bond acceptors (Lipinski definition) is 15. The third-order valence-corrected chi connectivity index (χ3v) is 7.96. The van der Waals surface area contributed by atoms with Crippen LogP contribution in [0.5, 0.6) is 0 Å². The van der Waals surface area contributed by atoms with Crippen molar-refractivity contribution in [2.24, 2.45) is 10.2 Å². The zero-order valence-electron chi connectivity index (χ0n) is 29.9. The average molecular weight is 772 g/mol. The van der Waals surface area contributed by atoms with E-state index in [4.69, 9.17) is 5.73 Å². The van der Waals surface area contributed by atoms with Crippen LogP contribution in [-0.4, -0.2) is 78.8 Å². The Kier molecular flexibility index (Phi) is 10.1. The molecule has 6 aromatic rings. The molecule has 0 atom stereocenters.